The van der Waals surface area contributed by atoms with E-state index in [1.54, 1.807) is 24.3 Å². The molecule has 2 aliphatic rings. The third-order valence-corrected chi connectivity index (χ3v) is 4.78. The Morgan fingerprint density at radius 2 is 1.76 bits per heavy atom. The van der Waals surface area contributed by atoms with Gasteiger partial charge in [-0.1, -0.05) is 0 Å². The molecule has 0 spiro atoms. The molecule has 3 atom stereocenters. The van der Waals surface area contributed by atoms with Crippen molar-refractivity contribution in [1.82, 2.24) is 0 Å². The second-order valence-electron chi connectivity index (χ2n) is 6.47. The Kier molecular flexibility index (Phi) is 4.12. The summed E-state index contributed by atoms with van der Waals surface area (Å²) in [5.74, 6) is 1.34. The number of carbonyl (C=O) groups is 1. The molecule has 2 saturated heterocycles. The molecule has 25 heavy (non-hydrogen) atoms. The highest BCUT2D eigenvalue weighted by Crippen LogP contribution is 2.39. The number of anilines is 1. The Morgan fingerprint density at radius 3 is 2.32 bits per heavy atom. The fourth-order valence-corrected chi connectivity index (χ4v) is 3.49. The molecular formula is C20H18N2O3. The predicted molar refractivity (Wildman–Crippen MR) is 92.3 cm³/mol. The molecule has 2 bridgehead atoms. The first-order valence-corrected chi connectivity index (χ1v) is 8.46. The topological polar surface area (TPSA) is 71.3 Å². The van der Waals surface area contributed by atoms with Crippen molar-refractivity contribution in [2.75, 3.05) is 5.32 Å². The van der Waals surface area contributed by atoms with Gasteiger partial charge in [-0.2, -0.15) is 5.26 Å². The molecule has 0 aromatic heterocycles. The molecule has 1 N–H and O–H groups in total. The maximum absolute atomic E-state index is 12.4. The lowest BCUT2D eigenvalue weighted by Gasteiger charge is -2.18. The second kappa shape index (κ2) is 6.58. The van der Waals surface area contributed by atoms with Gasteiger partial charge in [0.05, 0.1) is 29.8 Å². The summed E-state index contributed by atoms with van der Waals surface area (Å²) in [6, 6.07) is 16.3. The molecule has 5 heteroatoms. The van der Waals surface area contributed by atoms with Crippen LogP contribution in [0.15, 0.2) is 48.5 Å². The first-order valence-electron chi connectivity index (χ1n) is 8.46. The molecular weight excluding hydrogens is 316 g/mol. The van der Waals surface area contributed by atoms with Gasteiger partial charge in [0, 0.05) is 5.69 Å². The SMILES string of the molecule is N#Cc1ccc(Oc2ccc(NC(=O)C3CC4CCC3O4)cc2)cc1. The van der Waals surface area contributed by atoms with E-state index in [-0.39, 0.29) is 24.0 Å². The number of nitrogens with zero attached hydrogens (tertiary/aromatic N) is 1. The molecule has 2 aromatic rings. The molecule has 1 amide bonds. The second-order valence-corrected chi connectivity index (χ2v) is 6.47. The smallest absolute Gasteiger partial charge is 0.230 e. The molecule has 2 aromatic carbocycles. The number of carbonyl (C=O) groups excluding carboxylic acids is 1. The molecule has 3 unspecified atom stereocenters. The van der Waals surface area contributed by atoms with E-state index in [9.17, 15) is 4.79 Å². The van der Waals surface area contributed by atoms with Crippen molar-refractivity contribution in [3.8, 4) is 17.6 Å². The van der Waals surface area contributed by atoms with Crippen LogP contribution >= 0.6 is 0 Å². The van der Waals surface area contributed by atoms with Crippen LogP contribution in [0.2, 0.25) is 0 Å². The Balaban J connectivity index is 1.36. The molecule has 2 heterocycles. The highest BCUT2D eigenvalue weighted by atomic mass is 16.5. The van der Waals surface area contributed by atoms with Gasteiger partial charge in [0.2, 0.25) is 5.91 Å². The summed E-state index contributed by atoms with van der Waals surface area (Å²) in [5.41, 5.74) is 1.34. The van der Waals surface area contributed by atoms with Gasteiger partial charge in [-0.3, -0.25) is 4.79 Å². The molecule has 4 rings (SSSR count). The van der Waals surface area contributed by atoms with Gasteiger partial charge in [-0.15, -0.1) is 0 Å². The lowest BCUT2D eigenvalue weighted by molar-refractivity contribution is -0.121. The predicted octanol–water partition coefficient (Wildman–Crippen LogP) is 3.86. The van der Waals surface area contributed by atoms with E-state index in [0.717, 1.165) is 24.9 Å². The largest absolute Gasteiger partial charge is 0.457 e. The summed E-state index contributed by atoms with van der Waals surface area (Å²) in [6.07, 6.45) is 3.25. The molecule has 5 nitrogen and oxygen atoms in total. The number of ether oxygens (including phenoxy) is 2. The average Bonchev–Trinajstić information content (AvgIpc) is 3.27. The summed E-state index contributed by atoms with van der Waals surface area (Å²) in [4.78, 5) is 12.4. The first kappa shape index (κ1) is 15.7. The zero-order valence-corrected chi connectivity index (χ0v) is 13.6. The van der Waals surface area contributed by atoms with E-state index in [0.29, 0.717) is 17.1 Å². The molecule has 0 saturated carbocycles. The zero-order valence-electron chi connectivity index (χ0n) is 13.6. The minimum absolute atomic E-state index is 0.0340. The van der Waals surface area contributed by atoms with Gasteiger partial charge in [-0.25, -0.2) is 0 Å². The van der Waals surface area contributed by atoms with Crippen LogP contribution in [0.25, 0.3) is 0 Å². The first-order chi connectivity index (χ1) is 12.2. The molecule has 126 valence electrons. The van der Waals surface area contributed by atoms with Gasteiger partial charge in [0.15, 0.2) is 0 Å². The number of nitrogens with one attached hydrogen (secondary N) is 1. The fourth-order valence-electron chi connectivity index (χ4n) is 3.49. The van der Waals surface area contributed by atoms with Crippen LogP contribution in [0.4, 0.5) is 5.69 Å². The van der Waals surface area contributed by atoms with E-state index >= 15 is 0 Å². The maximum atomic E-state index is 12.4. The lowest BCUT2D eigenvalue weighted by atomic mass is 9.88. The number of amides is 1. The van der Waals surface area contributed by atoms with Crippen molar-refractivity contribution in [2.45, 2.75) is 31.5 Å². The number of hydrogen-bond acceptors (Lipinski definition) is 4. The van der Waals surface area contributed by atoms with E-state index in [2.05, 4.69) is 11.4 Å². The van der Waals surface area contributed by atoms with Crippen LogP contribution in [0.1, 0.15) is 24.8 Å². The highest BCUT2D eigenvalue weighted by Gasteiger charge is 2.44. The number of rotatable bonds is 4. The van der Waals surface area contributed by atoms with Crippen molar-refractivity contribution in [3.63, 3.8) is 0 Å². The van der Waals surface area contributed by atoms with Crippen molar-refractivity contribution in [3.05, 3.63) is 54.1 Å². The third kappa shape index (κ3) is 3.35. The Hall–Kier alpha value is -2.84. The Labute approximate surface area is 146 Å². The van der Waals surface area contributed by atoms with Crippen LogP contribution in [-0.2, 0) is 9.53 Å². The Bertz CT molecular complexity index is 808. The summed E-state index contributed by atoms with van der Waals surface area (Å²) in [7, 11) is 0. The summed E-state index contributed by atoms with van der Waals surface area (Å²) >= 11 is 0. The molecule has 0 aliphatic carbocycles. The summed E-state index contributed by atoms with van der Waals surface area (Å²) in [6.45, 7) is 0. The van der Waals surface area contributed by atoms with Gasteiger partial charge in [0.25, 0.3) is 0 Å². The zero-order chi connectivity index (χ0) is 17.2. The van der Waals surface area contributed by atoms with Crippen molar-refractivity contribution >= 4 is 11.6 Å². The molecule has 0 radical (unpaired) electrons. The fraction of sp³-hybridized carbons (Fsp3) is 0.300. The minimum Gasteiger partial charge on any atom is -0.457 e. The molecule has 2 fully saturated rings. The van der Waals surface area contributed by atoms with Crippen LogP contribution in [0.5, 0.6) is 11.5 Å². The quantitative estimate of drug-likeness (QED) is 0.922. The van der Waals surface area contributed by atoms with Gasteiger partial charge in [0.1, 0.15) is 11.5 Å². The van der Waals surface area contributed by atoms with Crippen LogP contribution < -0.4 is 10.1 Å². The number of fused-ring (bicyclic) bond motifs is 2. The summed E-state index contributed by atoms with van der Waals surface area (Å²) in [5, 5.41) is 11.8. The minimum atomic E-state index is -0.0340. The number of benzene rings is 2. The highest BCUT2D eigenvalue weighted by molar-refractivity contribution is 5.93. The van der Waals surface area contributed by atoms with Crippen molar-refractivity contribution < 1.29 is 14.3 Å². The third-order valence-electron chi connectivity index (χ3n) is 4.78. The van der Waals surface area contributed by atoms with Crippen LogP contribution in [0.3, 0.4) is 0 Å². The van der Waals surface area contributed by atoms with E-state index < -0.39 is 0 Å². The summed E-state index contributed by atoms with van der Waals surface area (Å²) < 4.78 is 11.5. The average molecular weight is 334 g/mol. The normalized spacial score (nSPS) is 23.9. The van der Waals surface area contributed by atoms with E-state index in [1.165, 1.54) is 0 Å². The van der Waals surface area contributed by atoms with Gasteiger partial charge >= 0.3 is 0 Å². The monoisotopic (exact) mass is 334 g/mol. The van der Waals surface area contributed by atoms with Gasteiger partial charge < -0.3 is 14.8 Å². The van der Waals surface area contributed by atoms with E-state index in [4.69, 9.17) is 14.7 Å². The van der Waals surface area contributed by atoms with E-state index in [1.807, 2.05) is 24.3 Å². The Morgan fingerprint density at radius 1 is 1.08 bits per heavy atom. The standard InChI is InChI=1S/C20H18N2O3/c21-12-13-1-5-15(6-2-13)24-16-7-3-14(4-8-16)22-20(23)18-11-17-9-10-19(18)25-17/h1-8,17-19H,9-11H2,(H,22,23). The van der Waals surface area contributed by atoms with Crippen molar-refractivity contribution in [1.29, 1.82) is 5.26 Å². The van der Waals surface area contributed by atoms with Crippen molar-refractivity contribution in [2.24, 2.45) is 5.92 Å². The maximum Gasteiger partial charge on any atom is 0.230 e. The van der Waals surface area contributed by atoms with Crippen LogP contribution in [-0.4, -0.2) is 18.1 Å². The number of nitriles is 1. The number of hydrogen-bond donors (Lipinski definition) is 1. The molecule has 2 aliphatic heterocycles. The van der Waals surface area contributed by atoms with Crippen LogP contribution in [0, 0.1) is 17.2 Å². The lowest BCUT2D eigenvalue weighted by Crippen LogP contribution is -2.30. The van der Waals surface area contributed by atoms with Gasteiger partial charge in [-0.05, 0) is 67.8 Å².